The lowest BCUT2D eigenvalue weighted by Crippen LogP contribution is -2.04. The van der Waals surface area contributed by atoms with Gasteiger partial charge in [0.1, 0.15) is 5.82 Å². The highest BCUT2D eigenvalue weighted by Crippen LogP contribution is 2.22. The van der Waals surface area contributed by atoms with Crippen molar-refractivity contribution in [3.05, 3.63) is 22.2 Å². The van der Waals surface area contributed by atoms with Crippen LogP contribution in [0.3, 0.4) is 0 Å². The van der Waals surface area contributed by atoms with Crippen LogP contribution >= 0.6 is 0 Å². The fraction of sp³-hybridized carbons (Fsp3) is 0.286. The molecule has 0 unspecified atom stereocenters. The average molecular weight is 182 g/mol. The van der Waals surface area contributed by atoms with E-state index in [1.54, 1.807) is 0 Å². The van der Waals surface area contributed by atoms with Crippen LogP contribution in [0.2, 0.25) is 0 Å². The number of nitrogen functional groups attached to an aromatic ring is 1. The van der Waals surface area contributed by atoms with Crippen molar-refractivity contribution in [2.24, 2.45) is 0 Å². The topological polar surface area (TPSA) is 94.1 Å². The van der Waals surface area contributed by atoms with E-state index in [4.69, 9.17) is 5.73 Å². The smallest absolute Gasteiger partial charge is 0.311 e. The van der Waals surface area contributed by atoms with E-state index >= 15 is 0 Å². The van der Waals surface area contributed by atoms with E-state index in [2.05, 4.69) is 10.3 Å². The number of pyridine rings is 1. The predicted molar refractivity (Wildman–Crippen MR) is 49.5 cm³/mol. The normalized spacial score (nSPS) is 9.62. The van der Waals surface area contributed by atoms with Crippen molar-refractivity contribution < 1.29 is 4.92 Å². The minimum absolute atomic E-state index is 0.0592. The van der Waals surface area contributed by atoms with E-state index in [0.717, 1.165) is 0 Å². The number of hydrogen-bond acceptors (Lipinski definition) is 5. The number of aromatic nitrogens is 1. The molecule has 1 aromatic rings. The highest BCUT2D eigenvalue weighted by atomic mass is 16.6. The molecule has 0 spiro atoms. The third-order valence-corrected chi connectivity index (χ3v) is 1.44. The molecule has 0 aliphatic rings. The van der Waals surface area contributed by atoms with Gasteiger partial charge in [-0.15, -0.1) is 0 Å². The van der Waals surface area contributed by atoms with E-state index in [9.17, 15) is 10.1 Å². The van der Waals surface area contributed by atoms with Gasteiger partial charge in [-0.1, -0.05) is 0 Å². The molecule has 0 bridgehead atoms. The van der Waals surface area contributed by atoms with Crippen LogP contribution in [-0.4, -0.2) is 16.5 Å². The zero-order valence-electron chi connectivity index (χ0n) is 7.15. The van der Waals surface area contributed by atoms with Gasteiger partial charge in [0.2, 0.25) is 5.82 Å². The summed E-state index contributed by atoms with van der Waals surface area (Å²) in [5, 5.41) is 13.3. The van der Waals surface area contributed by atoms with Crippen LogP contribution < -0.4 is 11.1 Å². The third-order valence-electron chi connectivity index (χ3n) is 1.44. The van der Waals surface area contributed by atoms with Crippen LogP contribution in [0.4, 0.5) is 17.3 Å². The van der Waals surface area contributed by atoms with E-state index in [1.165, 1.54) is 12.1 Å². The fourth-order valence-corrected chi connectivity index (χ4v) is 0.912. The maximum Gasteiger partial charge on any atom is 0.311 e. The molecule has 70 valence electrons. The fourth-order valence-electron chi connectivity index (χ4n) is 0.912. The van der Waals surface area contributed by atoms with Crippen LogP contribution in [0.1, 0.15) is 6.92 Å². The van der Waals surface area contributed by atoms with Crippen molar-refractivity contribution in [1.82, 2.24) is 4.98 Å². The largest absolute Gasteiger partial charge is 0.384 e. The second kappa shape index (κ2) is 3.70. The summed E-state index contributed by atoms with van der Waals surface area (Å²) in [7, 11) is 0. The molecule has 6 heteroatoms. The predicted octanol–water partition coefficient (Wildman–Crippen LogP) is 1.00. The standard InChI is InChI=1S/C7H10N4O2/c1-2-9-7-5(11(12)13)3-4-6(8)10-7/h3-4H,2H2,1H3,(H3,8,9,10). The first-order chi connectivity index (χ1) is 6.15. The Kier molecular flexibility index (Phi) is 2.63. The van der Waals surface area contributed by atoms with Gasteiger partial charge in [0.05, 0.1) is 4.92 Å². The molecule has 0 radical (unpaired) electrons. The lowest BCUT2D eigenvalue weighted by molar-refractivity contribution is -0.384. The molecule has 1 heterocycles. The maximum atomic E-state index is 10.5. The minimum Gasteiger partial charge on any atom is -0.384 e. The zero-order valence-corrected chi connectivity index (χ0v) is 7.15. The molecule has 0 aromatic carbocycles. The maximum absolute atomic E-state index is 10.5. The number of nitrogens with two attached hydrogens (primary N) is 1. The molecule has 0 fully saturated rings. The van der Waals surface area contributed by atoms with Crippen molar-refractivity contribution in [2.75, 3.05) is 17.6 Å². The molecule has 0 saturated heterocycles. The van der Waals surface area contributed by atoms with E-state index in [1.807, 2.05) is 6.92 Å². The second-order valence-corrected chi connectivity index (χ2v) is 2.39. The first-order valence-electron chi connectivity index (χ1n) is 3.80. The van der Waals surface area contributed by atoms with Crippen molar-refractivity contribution >= 4 is 17.3 Å². The number of nitro groups is 1. The van der Waals surface area contributed by atoms with Gasteiger partial charge < -0.3 is 11.1 Å². The summed E-state index contributed by atoms with van der Waals surface area (Å²) < 4.78 is 0. The molecular weight excluding hydrogens is 172 g/mol. The Labute approximate surface area is 74.9 Å². The SMILES string of the molecule is CCNc1nc(N)ccc1[N+](=O)[O-]. The Morgan fingerprint density at radius 3 is 2.92 bits per heavy atom. The first-order valence-corrected chi connectivity index (χ1v) is 3.80. The van der Waals surface area contributed by atoms with Gasteiger partial charge in [0, 0.05) is 12.6 Å². The summed E-state index contributed by atoms with van der Waals surface area (Å²) >= 11 is 0. The summed E-state index contributed by atoms with van der Waals surface area (Å²) in [6, 6.07) is 2.74. The lowest BCUT2D eigenvalue weighted by Gasteiger charge is -2.03. The van der Waals surface area contributed by atoms with Gasteiger partial charge in [-0.05, 0) is 13.0 Å². The van der Waals surface area contributed by atoms with Gasteiger partial charge in [0.25, 0.3) is 0 Å². The highest BCUT2D eigenvalue weighted by Gasteiger charge is 2.13. The quantitative estimate of drug-likeness (QED) is 0.537. The van der Waals surface area contributed by atoms with E-state index in [0.29, 0.717) is 6.54 Å². The van der Waals surface area contributed by atoms with Crippen molar-refractivity contribution in [2.45, 2.75) is 6.92 Å². The van der Waals surface area contributed by atoms with Crippen LogP contribution in [0.15, 0.2) is 12.1 Å². The molecule has 3 N–H and O–H groups in total. The zero-order chi connectivity index (χ0) is 9.84. The summed E-state index contributed by atoms with van der Waals surface area (Å²) in [5.41, 5.74) is 5.32. The number of nitrogens with one attached hydrogen (secondary N) is 1. The third kappa shape index (κ3) is 2.05. The number of rotatable bonds is 3. The summed E-state index contributed by atoms with van der Waals surface area (Å²) in [5.74, 6) is 0.481. The van der Waals surface area contributed by atoms with Gasteiger partial charge >= 0.3 is 5.69 Å². The summed E-state index contributed by atoms with van der Waals surface area (Å²) in [6.07, 6.45) is 0. The molecule has 6 nitrogen and oxygen atoms in total. The van der Waals surface area contributed by atoms with Gasteiger partial charge in [-0.3, -0.25) is 10.1 Å². The molecule has 0 atom stereocenters. The Bertz CT molecular complexity index is 326. The van der Waals surface area contributed by atoms with Crippen LogP contribution in [0.25, 0.3) is 0 Å². The van der Waals surface area contributed by atoms with Crippen molar-refractivity contribution in [3.8, 4) is 0 Å². The molecule has 0 aliphatic heterocycles. The van der Waals surface area contributed by atoms with E-state index < -0.39 is 4.92 Å². The Morgan fingerprint density at radius 1 is 1.69 bits per heavy atom. The number of anilines is 2. The van der Waals surface area contributed by atoms with Crippen LogP contribution in [0.5, 0.6) is 0 Å². The van der Waals surface area contributed by atoms with Crippen LogP contribution in [0, 0.1) is 10.1 Å². The average Bonchev–Trinajstić information content (AvgIpc) is 2.04. The van der Waals surface area contributed by atoms with Crippen molar-refractivity contribution in [1.29, 1.82) is 0 Å². The number of hydrogen-bond donors (Lipinski definition) is 2. The molecular formula is C7H10N4O2. The molecule has 1 aromatic heterocycles. The molecule has 1 rings (SSSR count). The van der Waals surface area contributed by atoms with Crippen molar-refractivity contribution in [3.63, 3.8) is 0 Å². The second-order valence-electron chi connectivity index (χ2n) is 2.39. The van der Waals surface area contributed by atoms with Gasteiger partial charge in [-0.2, -0.15) is 0 Å². The monoisotopic (exact) mass is 182 g/mol. The summed E-state index contributed by atoms with van der Waals surface area (Å²) in [4.78, 5) is 13.8. The molecule has 13 heavy (non-hydrogen) atoms. The van der Waals surface area contributed by atoms with E-state index in [-0.39, 0.29) is 17.3 Å². The van der Waals surface area contributed by atoms with Crippen LogP contribution in [-0.2, 0) is 0 Å². The molecule has 0 amide bonds. The first kappa shape index (κ1) is 9.24. The molecule has 0 aliphatic carbocycles. The Hall–Kier alpha value is -1.85. The minimum atomic E-state index is -0.496. The number of nitrogens with zero attached hydrogens (tertiary/aromatic N) is 2. The Balaban J connectivity index is 3.10. The Morgan fingerprint density at radius 2 is 2.38 bits per heavy atom. The highest BCUT2D eigenvalue weighted by molar-refractivity contribution is 5.59. The summed E-state index contributed by atoms with van der Waals surface area (Å²) in [6.45, 7) is 2.39. The van der Waals surface area contributed by atoms with Gasteiger partial charge in [-0.25, -0.2) is 4.98 Å². The van der Waals surface area contributed by atoms with Gasteiger partial charge in [0.15, 0.2) is 0 Å². The molecule has 0 saturated carbocycles. The lowest BCUT2D eigenvalue weighted by atomic mass is 10.4.